The number of amides is 1. The molecule has 5 rings (SSSR count). The van der Waals surface area contributed by atoms with E-state index in [-0.39, 0.29) is 18.1 Å². The first-order valence-electron chi connectivity index (χ1n) is 9.67. The largest absolute Gasteiger partial charge is 0.472 e. The minimum absolute atomic E-state index is 0.00575. The van der Waals surface area contributed by atoms with Gasteiger partial charge in [0.05, 0.1) is 29.7 Å². The van der Waals surface area contributed by atoms with Crippen molar-refractivity contribution in [2.45, 2.75) is 31.7 Å². The number of pyridine rings is 1. The van der Waals surface area contributed by atoms with Crippen molar-refractivity contribution < 1.29 is 13.9 Å². The highest BCUT2D eigenvalue weighted by molar-refractivity contribution is 5.98. The van der Waals surface area contributed by atoms with Crippen LogP contribution < -0.4 is 4.74 Å². The Bertz CT molecular complexity index is 1010. The predicted octanol–water partition coefficient (Wildman–Crippen LogP) is 2.81. The molecular formula is C21H20FN5O2. The molecule has 3 atom stereocenters. The summed E-state index contributed by atoms with van der Waals surface area (Å²) in [5.41, 5.74) is 1.75. The fraction of sp³-hybridized carbons (Fsp3) is 0.333. The van der Waals surface area contributed by atoms with E-state index in [2.05, 4.69) is 15.2 Å². The van der Waals surface area contributed by atoms with Crippen LogP contribution in [0.25, 0.3) is 5.69 Å². The van der Waals surface area contributed by atoms with Gasteiger partial charge in [0.25, 0.3) is 5.91 Å². The summed E-state index contributed by atoms with van der Waals surface area (Å²) in [5.74, 6) is 0.835. The molecule has 7 nitrogen and oxygen atoms in total. The van der Waals surface area contributed by atoms with E-state index in [1.165, 1.54) is 11.0 Å². The third-order valence-electron chi connectivity index (χ3n) is 5.68. The summed E-state index contributed by atoms with van der Waals surface area (Å²) in [4.78, 5) is 20.9. The average Bonchev–Trinajstić information content (AvgIpc) is 3.51. The number of carbonyl (C=O) groups is 1. The molecule has 1 saturated carbocycles. The third-order valence-corrected chi connectivity index (χ3v) is 5.68. The standard InChI is InChI=1S/C21H20FN5O2/c22-11-14-5-6-20(23-12-14)29-19-10-15-9-18(19)26(13-15)21(28)16-3-1-2-4-17(16)27-24-7-8-25-27/h1-8,12,15,18-19H,9-11,13H2/t15-,18+,19-/m1/s1. The molecule has 2 fully saturated rings. The molecule has 1 amide bonds. The van der Waals surface area contributed by atoms with Gasteiger partial charge in [0.2, 0.25) is 5.88 Å². The van der Waals surface area contributed by atoms with E-state index in [9.17, 15) is 9.18 Å². The van der Waals surface area contributed by atoms with Gasteiger partial charge in [-0.1, -0.05) is 12.1 Å². The molecule has 29 heavy (non-hydrogen) atoms. The van der Waals surface area contributed by atoms with Gasteiger partial charge in [-0.15, -0.1) is 0 Å². The van der Waals surface area contributed by atoms with Crippen LogP contribution >= 0.6 is 0 Å². The summed E-state index contributed by atoms with van der Waals surface area (Å²) in [6, 6.07) is 10.7. The minimum Gasteiger partial charge on any atom is -0.472 e. The molecule has 1 aliphatic heterocycles. The van der Waals surface area contributed by atoms with Crippen molar-refractivity contribution in [2.75, 3.05) is 6.54 Å². The zero-order chi connectivity index (χ0) is 19.8. The number of piperidine rings is 1. The van der Waals surface area contributed by atoms with Gasteiger partial charge in [-0.05, 0) is 37.0 Å². The van der Waals surface area contributed by atoms with E-state index < -0.39 is 6.67 Å². The van der Waals surface area contributed by atoms with Crippen molar-refractivity contribution >= 4 is 5.91 Å². The van der Waals surface area contributed by atoms with Gasteiger partial charge in [0.1, 0.15) is 12.8 Å². The van der Waals surface area contributed by atoms with E-state index in [1.807, 2.05) is 23.1 Å². The van der Waals surface area contributed by atoms with Crippen molar-refractivity contribution in [3.05, 3.63) is 66.1 Å². The number of para-hydroxylation sites is 1. The second-order valence-corrected chi connectivity index (χ2v) is 7.49. The molecule has 3 heterocycles. The SMILES string of the molecule is O=C(c1ccccc1-n1nccn1)N1C[C@H]2C[C@@H](Oc3ccc(CF)cn3)[C@@H]1C2. The number of carbonyl (C=O) groups excluding carboxylic acids is 1. The van der Waals surface area contributed by atoms with E-state index in [1.54, 1.807) is 30.6 Å². The lowest BCUT2D eigenvalue weighted by Crippen LogP contribution is -2.47. The maximum atomic E-state index is 13.4. The number of ether oxygens (including phenoxy) is 1. The number of alkyl halides is 1. The van der Waals surface area contributed by atoms with Crippen LogP contribution in [0, 0.1) is 5.92 Å². The number of halogens is 1. The topological polar surface area (TPSA) is 73.1 Å². The number of nitrogens with zero attached hydrogens (tertiary/aromatic N) is 5. The number of hydrogen-bond acceptors (Lipinski definition) is 5. The molecule has 2 aliphatic rings. The molecule has 0 unspecified atom stereocenters. The quantitative estimate of drug-likeness (QED) is 0.667. The third kappa shape index (κ3) is 3.24. The number of fused-ring (bicyclic) bond motifs is 2. The molecular weight excluding hydrogens is 373 g/mol. The second kappa shape index (κ2) is 7.27. The van der Waals surface area contributed by atoms with Crippen LogP contribution in [0.5, 0.6) is 5.88 Å². The summed E-state index contributed by atoms with van der Waals surface area (Å²) in [7, 11) is 0. The molecule has 1 aromatic carbocycles. The molecule has 0 spiro atoms. The smallest absolute Gasteiger partial charge is 0.256 e. The van der Waals surface area contributed by atoms with Crippen molar-refractivity contribution in [2.24, 2.45) is 5.92 Å². The zero-order valence-corrected chi connectivity index (χ0v) is 15.7. The Hall–Kier alpha value is -3.29. The first-order valence-corrected chi connectivity index (χ1v) is 9.67. The van der Waals surface area contributed by atoms with Crippen LogP contribution in [0.15, 0.2) is 55.0 Å². The lowest BCUT2D eigenvalue weighted by Gasteiger charge is -2.33. The first-order chi connectivity index (χ1) is 14.2. The van der Waals surface area contributed by atoms with Crippen molar-refractivity contribution in [3.8, 4) is 11.6 Å². The Morgan fingerprint density at radius 1 is 1.14 bits per heavy atom. The first kappa shape index (κ1) is 17.8. The van der Waals surface area contributed by atoms with Crippen molar-refractivity contribution in [3.63, 3.8) is 0 Å². The van der Waals surface area contributed by atoms with Gasteiger partial charge in [0.15, 0.2) is 0 Å². The van der Waals surface area contributed by atoms with Gasteiger partial charge in [-0.25, -0.2) is 9.37 Å². The Morgan fingerprint density at radius 3 is 2.69 bits per heavy atom. The average molecular weight is 393 g/mol. The number of likely N-dealkylation sites (tertiary alicyclic amines) is 1. The zero-order valence-electron chi connectivity index (χ0n) is 15.7. The van der Waals surface area contributed by atoms with Crippen LogP contribution in [0.2, 0.25) is 0 Å². The number of benzene rings is 1. The van der Waals surface area contributed by atoms with E-state index in [4.69, 9.17) is 4.74 Å². The van der Waals surface area contributed by atoms with Crippen molar-refractivity contribution in [1.29, 1.82) is 0 Å². The van der Waals surface area contributed by atoms with Gasteiger partial charge >= 0.3 is 0 Å². The fourth-order valence-electron chi connectivity index (χ4n) is 4.36. The molecule has 2 aromatic heterocycles. The molecule has 148 valence electrons. The highest BCUT2D eigenvalue weighted by Gasteiger charge is 2.48. The number of rotatable bonds is 5. The summed E-state index contributed by atoms with van der Waals surface area (Å²) >= 11 is 0. The highest BCUT2D eigenvalue weighted by atomic mass is 19.1. The molecule has 1 saturated heterocycles. The van der Waals surface area contributed by atoms with Gasteiger partial charge in [-0.3, -0.25) is 4.79 Å². The van der Waals surface area contributed by atoms with Gasteiger partial charge in [0, 0.05) is 24.4 Å². The minimum atomic E-state index is -0.547. The number of hydrogen-bond donors (Lipinski definition) is 0. The van der Waals surface area contributed by atoms with Crippen LogP contribution in [-0.4, -0.2) is 49.5 Å². The summed E-state index contributed by atoms with van der Waals surface area (Å²) < 4.78 is 18.8. The Kier molecular flexibility index (Phi) is 4.46. The summed E-state index contributed by atoms with van der Waals surface area (Å²) in [6.07, 6.45) is 6.36. The Balaban J connectivity index is 1.37. The lowest BCUT2D eigenvalue weighted by molar-refractivity contribution is 0.0466. The maximum absolute atomic E-state index is 13.4. The van der Waals surface area contributed by atoms with Gasteiger partial charge in [-0.2, -0.15) is 15.0 Å². The van der Waals surface area contributed by atoms with E-state index in [0.29, 0.717) is 28.6 Å². The van der Waals surface area contributed by atoms with Gasteiger partial charge < -0.3 is 9.64 Å². The molecule has 0 N–H and O–H groups in total. The van der Waals surface area contributed by atoms with Crippen LogP contribution in [0.3, 0.4) is 0 Å². The lowest BCUT2D eigenvalue weighted by atomic mass is 10.1. The summed E-state index contributed by atoms with van der Waals surface area (Å²) in [5, 5.41) is 8.33. The normalized spacial score (nSPS) is 22.8. The van der Waals surface area contributed by atoms with E-state index >= 15 is 0 Å². The summed E-state index contributed by atoms with van der Waals surface area (Å²) in [6.45, 7) is 0.173. The second-order valence-electron chi connectivity index (χ2n) is 7.49. The molecule has 2 bridgehead atoms. The van der Waals surface area contributed by atoms with Crippen LogP contribution in [0.1, 0.15) is 28.8 Å². The molecule has 8 heteroatoms. The molecule has 3 aromatic rings. The fourth-order valence-corrected chi connectivity index (χ4v) is 4.36. The highest BCUT2D eigenvalue weighted by Crippen LogP contribution is 2.40. The maximum Gasteiger partial charge on any atom is 0.256 e. The number of aromatic nitrogens is 4. The van der Waals surface area contributed by atoms with Crippen LogP contribution in [0.4, 0.5) is 4.39 Å². The predicted molar refractivity (Wildman–Crippen MR) is 102 cm³/mol. The molecule has 0 radical (unpaired) electrons. The van der Waals surface area contributed by atoms with Crippen molar-refractivity contribution in [1.82, 2.24) is 24.9 Å². The Labute approximate surface area is 167 Å². The Morgan fingerprint density at radius 2 is 1.97 bits per heavy atom. The molecule has 1 aliphatic carbocycles. The monoisotopic (exact) mass is 393 g/mol. The van der Waals surface area contributed by atoms with Crippen LogP contribution in [-0.2, 0) is 6.67 Å². The van der Waals surface area contributed by atoms with E-state index in [0.717, 1.165) is 19.4 Å².